The summed E-state index contributed by atoms with van der Waals surface area (Å²) in [7, 11) is -3.55. The second-order valence-electron chi connectivity index (χ2n) is 9.26. The lowest BCUT2D eigenvalue weighted by Gasteiger charge is -2.30. The first-order valence-corrected chi connectivity index (χ1v) is 14.5. The highest BCUT2D eigenvalue weighted by Crippen LogP contribution is 2.26. The Labute approximate surface area is 220 Å². The summed E-state index contributed by atoms with van der Waals surface area (Å²) in [5.41, 5.74) is 3.22. The first-order chi connectivity index (χ1) is 16.9. The summed E-state index contributed by atoms with van der Waals surface area (Å²) in [5, 5.41) is 3.46. The Hall–Kier alpha value is -2.58. The Bertz CT molecular complexity index is 1170. The number of carbonyl (C=O) groups is 2. The van der Waals surface area contributed by atoms with E-state index in [1.165, 1.54) is 15.5 Å². The zero-order valence-corrected chi connectivity index (χ0v) is 23.6. The molecule has 0 aliphatic heterocycles. The molecular formula is C27H38ClN3O4S. The maximum absolute atomic E-state index is 13.4. The topological polar surface area (TPSA) is 86.8 Å². The first-order valence-electron chi connectivity index (χ1n) is 12.2. The van der Waals surface area contributed by atoms with E-state index in [2.05, 4.69) is 5.32 Å². The highest BCUT2D eigenvalue weighted by molar-refractivity contribution is 7.92. The van der Waals surface area contributed by atoms with Gasteiger partial charge in [-0.3, -0.25) is 13.9 Å². The predicted molar refractivity (Wildman–Crippen MR) is 147 cm³/mol. The van der Waals surface area contributed by atoms with E-state index in [0.717, 1.165) is 23.1 Å². The van der Waals surface area contributed by atoms with Crippen molar-refractivity contribution in [1.82, 2.24) is 10.2 Å². The van der Waals surface area contributed by atoms with E-state index in [9.17, 15) is 18.0 Å². The second kappa shape index (κ2) is 13.1. The largest absolute Gasteiger partial charge is 0.352 e. The molecule has 36 heavy (non-hydrogen) atoms. The van der Waals surface area contributed by atoms with E-state index >= 15 is 0 Å². The summed E-state index contributed by atoms with van der Waals surface area (Å²) in [6, 6.07) is 12.0. The van der Waals surface area contributed by atoms with Crippen molar-refractivity contribution in [2.45, 2.75) is 72.5 Å². The van der Waals surface area contributed by atoms with E-state index in [0.29, 0.717) is 17.1 Å². The van der Waals surface area contributed by atoms with E-state index < -0.39 is 16.1 Å². The Morgan fingerprint density at radius 1 is 1.06 bits per heavy atom. The van der Waals surface area contributed by atoms with Crippen LogP contribution in [0.1, 0.15) is 56.7 Å². The van der Waals surface area contributed by atoms with Crippen molar-refractivity contribution in [3.8, 4) is 0 Å². The van der Waals surface area contributed by atoms with Crippen molar-refractivity contribution in [2.75, 3.05) is 17.1 Å². The quantitative estimate of drug-likeness (QED) is 0.421. The van der Waals surface area contributed by atoms with Crippen LogP contribution in [-0.2, 0) is 26.2 Å². The van der Waals surface area contributed by atoms with Gasteiger partial charge in [0, 0.05) is 30.6 Å². The van der Waals surface area contributed by atoms with Gasteiger partial charge in [-0.2, -0.15) is 0 Å². The molecule has 0 spiro atoms. The number of hydrogen-bond acceptors (Lipinski definition) is 4. The zero-order chi connectivity index (χ0) is 27.0. The van der Waals surface area contributed by atoms with Gasteiger partial charge in [0.05, 0.1) is 11.9 Å². The average Bonchev–Trinajstić information content (AvgIpc) is 2.82. The van der Waals surface area contributed by atoms with Crippen molar-refractivity contribution in [2.24, 2.45) is 0 Å². The number of halogens is 1. The minimum atomic E-state index is -3.55. The van der Waals surface area contributed by atoms with Crippen LogP contribution in [0.25, 0.3) is 0 Å². The van der Waals surface area contributed by atoms with Crippen LogP contribution in [0.4, 0.5) is 5.69 Å². The minimum Gasteiger partial charge on any atom is -0.352 e. The van der Waals surface area contributed by atoms with Crippen LogP contribution < -0.4 is 9.62 Å². The van der Waals surface area contributed by atoms with Crippen LogP contribution >= 0.6 is 11.6 Å². The Morgan fingerprint density at radius 2 is 1.72 bits per heavy atom. The van der Waals surface area contributed by atoms with Crippen LogP contribution in [0.3, 0.4) is 0 Å². The number of amides is 2. The average molecular weight is 536 g/mol. The van der Waals surface area contributed by atoms with Crippen LogP contribution in [0.15, 0.2) is 42.5 Å². The summed E-state index contributed by atoms with van der Waals surface area (Å²) < 4.78 is 26.5. The third kappa shape index (κ3) is 7.96. The van der Waals surface area contributed by atoms with Gasteiger partial charge >= 0.3 is 0 Å². The molecule has 0 bridgehead atoms. The van der Waals surface area contributed by atoms with Gasteiger partial charge in [0.1, 0.15) is 6.04 Å². The summed E-state index contributed by atoms with van der Waals surface area (Å²) in [6.07, 6.45) is 2.33. The molecule has 0 aliphatic rings. The van der Waals surface area contributed by atoms with E-state index in [4.69, 9.17) is 11.6 Å². The van der Waals surface area contributed by atoms with E-state index in [1.807, 2.05) is 58.0 Å². The van der Waals surface area contributed by atoms with Crippen molar-refractivity contribution >= 4 is 39.1 Å². The maximum atomic E-state index is 13.4. The lowest BCUT2D eigenvalue weighted by atomic mass is 10.1. The summed E-state index contributed by atoms with van der Waals surface area (Å²) in [4.78, 5) is 27.8. The van der Waals surface area contributed by atoms with Gasteiger partial charge in [-0.1, -0.05) is 48.9 Å². The third-order valence-corrected chi connectivity index (χ3v) is 8.01. The third-order valence-electron chi connectivity index (χ3n) is 6.46. The van der Waals surface area contributed by atoms with E-state index in [-0.39, 0.29) is 37.4 Å². The molecule has 0 aromatic heterocycles. The van der Waals surface area contributed by atoms with Crippen LogP contribution in [-0.4, -0.2) is 50.0 Å². The van der Waals surface area contributed by atoms with Crippen LogP contribution in [0.2, 0.25) is 5.02 Å². The number of benzene rings is 2. The molecule has 2 aromatic carbocycles. The molecule has 2 aromatic rings. The van der Waals surface area contributed by atoms with Crippen LogP contribution in [0, 0.1) is 13.8 Å². The molecule has 9 heteroatoms. The van der Waals surface area contributed by atoms with E-state index in [1.54, 1.807) is 19.1 Å². The predicted octanol–water partition coefficient (Wildman–Crippen LogP) is 4.84. The monoisotopic (exact) mass is 535 g/mol. The van der Waals surface area contributed by atoms with Crippen LogP contribution in [0.5, 0.6) is 0 Å². The fourth-order valence-corrected chi connectivity index (χ4v) is 5.06. The molecule has 0 saturated carbocycles. The molecule has 198 valence electrons. The second-order valence-corrected chi connectivity index (χ2v) is 11.6. The van der Waals surface area contributed by atoms with Gasteiger partial charge < -0.3 is 10.2 Å². The lowest BCUT2D eigenvalue weighted by Crippen LogP contribution is -2.49. The molecule has 7 nitrogen and oxygen atoms in total. The number of rotatable bonds is 12. The molecule has 0 heterocycles. The Balaban J connectivity index is 2.22. The molecule has 2 atom stereocenters. The first kappa shape index (κ1) is 29.6. The molecule has 0 radical (unpaired) electrons. The summed E-state index contributed by atoms with van der Waals surface area (Å²) in [6.45, 7) is 9.75. The van der Waals surface area contributed by atoms with Crippen molar-refractivity contribution in [3.63, 3.8) is 0 Å². The van der Waals surface area contributed by atoms with Crippen molar-refractivity contribution in [1.29, 1.82) is 0 Å². The van der Waals surface area contributed by atoms with Gasteiger partial charge in [-0.25, -0.2) is 8.42 Å². The summed E-state index contributed by atoms with van der Waals surface area (Å²) >= 11 is 6.34. The molecule has 2 rings (SSSR count). The standard InChI is InChI=1S/C27H38ClN3O4S/c1-7-20(3)29-27(33)22(5)30(18-23-13-8-9-14-24(23)28)26(32)16-11-17-31(36(6,34)35)25-15-10-12-19(2)21(25)4/h8-10,12-15,20,22H,7,11,16-18H2,1-6H3,(H,29,33)/t20-,22-/m0/s1. The zero-order valence-electron chi connectivity index (χ0n) is 22.0. The molecule has 0 aliphatic carbocycles. The Kier molecular flexibility index (Phi) is 10.8. The highest BCUT2D eigenvalue weighted by atomic mass is 35.5. The number of sulfonamides is 1. The molecule has 0 unspecified atom stereocenters. The fourth-order valence-electron chi connectivity index (χ4n) is 3.85. The van der Waals surface area contributed by atoms with Gasteiger partial charge in [-0.15, -0.1) is 0 Å². The lowest BCUT2D eigenvalue weighted by molar-refractivity contribution is -0.140. The summed E-state index contributed by atoms with van der Waals surface area (Å²) in [5.74, 6) is -0.478. The fraction of sp³-hybridized carbons (Fsp3) is 0.481. The van der Waals surface area contributed by atoms with Gasteiger partial charge in [0.25, 0.3) is 0 Å². The number of aryl methyl sites for hydroxylation is 1. The number of nitrogens with one attached hydrogen (secondary N) is 1. The Morgan fingerprint density at radius 3 is 2.33 bits per heavy atom. The molecular weight excluding hydrogens is 498 g/mol. The highest BCUT2D eigenvalue weighted by Gasteiger charge is 2.28. The number of nitrogens with zero attached hydrogens (tertiary/aromatic N) is 2. The van der Waals surface area contributed by atoms with Crippen molar-refractivity contribution < 1.29 is 18.0 Å². The normalized spacial score (nSPS) is 13.1. The molecule has 0 saturated heterocycles. The smallest absolute Gasteiger partial charge is 0.242 e. The number of carbonyl (C=O) groups excluding carboxylic acids is 2. The van der Waals surface area contributed by atoms with Gasteiger partial charge in [0.15, 0.2) is 0 Å². The molecule has 2 amide bonds. The minimum absolute atomic E-state index is 0.0156. The molecule has 0 fully saturated rings. The number of hydrogen-bond donors (Lipinski definition) is 1. The SMILES string of the molecule is CC[C@H](C)NC(=O)[C@H](C)N(Cc1ccccc1Cl)C(=O)CCCN(c1cccc(C)c1C)S(C)(=O)=O. The van der Waals surface area contributed by atoms with Gasteiger partial charge in [-0.05, 0) is 69.4 Å². The van der Waals surface area contributed by atoms with Crippen molar-refractivity contribution in [3.05, 3.63) is 64.2 Å². The number of anilines is 1. The maximum Gasteiger partial charge on any atom is 0.242 e. The molecule has 1 N–H and O–H groups in total. The van der Waals surface area contributed by atoms with Gasteiger partial charge in [0.2, 0.25) is 21.8 Å².